The number of hydrogen-bond acceptors (Lipinski definition) is 4. The van der Waals surface area contributed by atoms with Gasteiger partial charge in [-0.25, -0.2) is 0 Å². The van der Waals surface area contributed by atoms with Crippen LogP contribution in [0.5, 0.6) is 0 Å². The summed E-state index contributed by atoms with van der Waals surface area (Å²) in [5.74, 6) is 0. The van der Waals surface area contributed by atoms with Crippen molar-refractivity contribution in [3.05, 3.63) is 0 Å². The Labute approximate surface area is 94.0 Å². The standard InChI is InChI=1S/Ca.Na.H4O4Si/c;;1-5(2,3)4/h;;1-4H. The second-order valence-electron chi connectivity index (χ2n) is 0.600. The molecule has 0 aliphatic carbocycles. The molecular formula is H4CaNaO4Si. The summed E-state index contributed by atoms with van der Waals surface area (Å²) in [6.07, 6.45) is 0. The SMILES string of the molecule is O[Si](O)(O)O.[Ca].[Na]. The first-order valence-corrected chi connectivity index (χ1v) is 2.68. The summed E-state index contributed by atoms with van der Waals surface area (Å²) in [6, 6.07) is 0. The molecule has 0 aliphatic rings. The molecule has 0 unspecified atom stereocenters. The van der Waals surface area contributed by atoms with Gasteiger partial charge in [-0.15, -0.1) is 0 Å². The van der Waals surface area contributed by atoms with E-state index < -0.39 is 9.05 Å². The normalized spacial score (nSPS) is 8.57. The van der Waals surface area contributed by atoms with Crippen molar-refractivity contribution in [1.29, 1.82) is 0 Å². The number of rotatable bonds is 0. The van der Waals surface area contributed by atoms with Crippen LogP contribution in [0.4, 0.5) is 0 Å². The Hall–Kier alpha value is 2.32. The smallest absolute Gasteiger partial charge is 0.368 e. The van der Waals surface area contributed by atoms with Gasteiger partial charge in [-0.2, -0.15) is 0 Å². The summed E-state index contributed by atoms with van der Waals surface area (Å²) in [5.41, 5.74) is 0. The molecule has 0 spiro atoms. The maximum Gasteiger partial charge on any atom is 0.668 e. The molecule has 0 atom stereocenters. The zero-order valence-corrected chi connectivity index (χ0v) is 9.20. The first-order chi connectivity index (χ1) is 2.00. The van der Waals surface area contributed by atoms with Gasteiger partial charge in [0.25, 0.3) is 0 Å². The fourth-order valence-electron chi connectivity index (χ4n) is 0. The summed E-state index contributed by atoms with van der Waals surface area (Å²) < 4.78 is 0. The zero-order chi connectivity index (χ0) is 4.50. The first-order valence-electron chi connectivity index (χ1n) is 0.894. The van der Waals surface area contributed by atoms with Crippen molar-refractivity contribution >= 4 is 76.3 Å². The topological polar surface area (TPSA) is 80.9 Å². The average molecular weight is 159 g/mol. The van der Waals surface area contributed by atoms with E-state index >= 15 is 0 Å². The quantitative estimate of drug-likeness (QED) is 0.278. The minimum atomic E-state index is -4.61. The van der Waals surface area contributed by atoms with E-state index in [1.807, 2.05) is 0 Å². The van der Waals surface area contributed by atoms with Crippen LogP contribution in [0.15, 0.2) is 0 Å². The molecule has 0 fully saturated rings. The van der Waals surface area contributed by atoms with Crippen LogP contribution in [0.3, 0.4) is 0 Å². The van der Waals surface area contributed by atoms with Crippen molar-refractivity contribution < 1.29 is 19.2 Å². The monoisotopic (exact) mass is 159 g/mol. The third kappa shape index (κ3) is 61.8. The van der Waals surface area contributed by atoms with Gasteiger partial charge in [-0.05, 0) is 0 Å². The van der Waals surface area contributed by atoms with Gasteiger partial charge in [0.05, 0.1) is 0 Å². The first kappa shape index (κ1) is 16.2. The van der Waals surface area contributed by atoms with Gasteiger partial charge in [0, 0.05) is 67.3 Å². The zero-order valence-electron chi connectivity index (χ0n) is 4.00. The Kier molecular flexibility index (Phi) is 14.9. The van der Waals surface area contributed by atoms with Gasteiger partial charge >= 0.3 is 9.05 Å². The Bertz CT molecular complexity index is 27.2. The molecule has 35 valence electrons. The molecule has 0 heterocycles. The van der Waals surface area contributed by atoms with Crippen molar-refractivity contribution in [2.24, 2.45) is 0 Å². The van der Waals surface area contributed by atoms with Crippen molar-refractivity contribution in [1.82, 2.24) is 0 Å². The Morgan fingerprint density at radius 2 is 0.857 bits per heavy atom. The van der Waals surface area contributed by atoms with Gasteiger partial charge in [0.15, 0.2) is 0 Å². The fourth-order valence-corrected chi connectivity index (χ4v) is 0. The summed E-state index contributed by atoms with van der Waals surface area (Å²) in [6.45, 7) is 0. The molecule has 0 saturated carbocycles. The van der Waals surface area contributed by atoms with Gasteiger partial charge < -0.3 is 19.2 Å². The summed E-state index contributed by atoms with van der Waals surface area (Å²) in [4.78, 5) is 29.3. The Morgan fingerprint density at radius 1 is 0.857 bits per heavy atom. The molecule has 0 aromatic heterocycles. The molecule has 7 heavy (non-hydrogen) atoms. The summed E-state index contributed by atoms with van der Waals surface area (Å²) >= 11 is 0. The van der Waals surface area contributed by atoms with Crippen LogP contribution >= 0.6 is 0 Å². The van der Waals surface area contributed by atoms with E-state index in [0.717, 1.165) is 0 Å². The molecule has 0 aromatic rings. The van der Waals surface area contributed by atoms with E-state index in [1.54, 1.807) is 0 Å². The van der Waals surface area contributed by atoms with Crippen molar-refractivity contribution in [2.75, 3.05) is 0 Å². The van der Waals surface area contributed by atoms with Crippen LogP contribution in [0.25, 0.3) is 0 Å². The molecule has 0 amide bonds. The molecule has 0 aromatic carbocycles. The van der Waals surface area contributed by atoms with E-state index in [0.29, 0.717) is 0 Å². The van der Waals surface area contributed by atoms with Crippen LogP contribution in [-0.2, 0) is 0 Å². The molecule has 0 saturated heterocycles. The molecule has 4 nitrogen and oxygen atoms in total. The van der Waals surface area contributed by atoms with Crippen LogP contribution in [-0.4, -0.2) is 95.5 Å². The van der Waals surface area contributed by atoms with Gasteiger partial charge in [0.2, 0.25) is 0 Å². The van der Waals surface area contributed by atoms with E-state index in [2.05, 4.69) is 0 Å². The van der Waals surface area contributed by atoms with Crippen molar-refractivity contribution in [2.45, 2.75) is 0 Å². The fraction of sp³-hybridized carbons (Fsp3) is 0. The molecule has 0 aliphatic heterocycles. The number of hydrogen-bond donors (Lipinski definition) is 4. The third-order valence-electron chi connectivity index (χ3n) is 0. The van der Waals surface area contributed by atoms with Crippen molar-refractivity contribution in [3.8, 4) is 0 Å². The van der Waals surface area contributed by atoms with Crippen LogP contribution in [0.1, 0.15) is 0 Å². The van der Waals surface area contributed by atoms with Crippen LogP contribution < -0.4 is 0 Å². The average Bonchev–Trinajstić information content (AvgIpc) is 0.722. The van der Waals surface area contributed by atoms with Gasteiger partial charge in [-0.1, -0.05) is 0 Å². The van der Waals surface area contributed by atoms with E-state index in [-0.39, 0.29) is 67.3 Å². The second-order valence-corrected chi connectivity index (χ2v) is 1.80. The van der Waals surface area contributed by atoms with Crippen LogP contribution in [0.2, 0.25) is 0 Å². The summed E-state index contributed by atoms with van der Waals surface area (Å²) in [7, 11) is -4.61. The van der Waals surface area contributed by atoms with Gasteiger partial charge in [0.1, 0.15) is 0 Å². The maximum atomic E-state index is 7.33. The predicted octanol–water partition coefficient (Wildman–Crippen LogP) is -3.37. The van der Waals surface area contributed by atoms with E-state index in [9.17, 15) is 0 Å². The molecular weight excluding hydrogens is 155 g/mol. The molecule has 0 bridgehead atoms. The minimum absolute atomic E-state index is 0. The Morgan fingerprint density at radius 3 is 0.857 bits per heavy atom. The van der Waals surface area contributed by atoms with Crippen molar-refractivity contribution in [3.63, 3.8) is 0 Å². The van der Waals surface area contributed by atoms with E-state index in [4.69, 9.17) is 19.2 Å². The third-order valence-corrected chi connectivity index (χ3v) is 0. The Balaban J connectivity index is -0.0000000800. The molecule has 3 radical (unpaired) electrons. The second kappa shape index (κ2) is 6.44. The molecule has 7 heteroatoms. The largest absolute Gasteiger partial charge is 0.668 e. The minimum Gasteiger partial charge on any atom is -0.368 e. The molecule has 4 N–H and O–H groups in total. The van der Waals surface area contributed by atoms with E-state index in [1.165, 1.54) is 0 Å². The maximum absolute atomic E-state index is 7.33. The summed E-state index contributed by atoms with van der Waals surface area (Å²) in [5, 5.41) is 0. The van der Waals surface area contributed by atoms with Gasteiger partial charge in [-0.3, -0.25) is 0 Å². The predicted molar refractivity (Wildman–Crippen MR) is 26.1 cm³/mol. The van der Waals surface area contributed by atoms with Crippen LogP contribution in [0, 0.1) is 0 Å². The molecule has 0 rings (SSSR count).